The first kappa shape index (κ1) is 11.1. The fourth-order valence-corrected chi connectivity index (χ4v) is 1.79. The van der Waals surface area contributed by atoms with Gasteiger partial charge in [0.25, 0.3) is 0 Å². The zero-order valence-corrected chi connectivity index (χ0v) is 9.08. The van der Waals surface area contributed by atoms with Gasteiger partial charge < -0.3 is 9.64 Å². The molecule has 80 valence electrons. The maximum absolute atomic E-state index is 11.1. The van der Waals surface area contributed by atoms with Gasteiger partial charge in [-0.05, 0) is 33.3 Å². The van der Waals surface area contributed by atoms with E-state index in [1.54, 1.807) is 6.92 Å². The molecule has 14 heavy (non-hydrogen) atoms. The Morgan fingerprint density at radius 3 is 2.50 bits per heavy atom. The van der Waals surface area contributed by atoms with Crippen molar-refractivity contribution in [1.82, 2.24) is 4.90 Å². The first-order valence-corrected chi connectivity index (χ1v) is 5.22. The summed E-state index contributed by atoms with van der Waals surface area (Å²) < 4.78 is 5.32. The van der Waals surface area contributed by atoms with Gasteiger partial charge in [-0.1, -0.05) is 0 Å². The Hall–Kier alpha value is -0.990. The van der Waals surface area contributed by atoms with Crippen LogP contribution < -0.4 is 0 Å². The van der Waals surface area contributed by atoms with Crippen LogP contribution in [0, 0.1) is 5.92 Å². The Morgan fingerprint density at radius 1 is 1.50 bits per heavy atom. The normalized spacial score (nSPS) is 18.0. The van der Waals surface area contributed by atoms with E-state index in [1.165, 1.54) is 0 Å². The van der Waals surface area contributed by atoms with Crippen molar-refractivity contribution in [1.29, 1.82) is 0 Å². The van der Waals surface area contributed by atoms with Crippen LogP contribution in [-0.4, -0.2) is 30.4 Å². The third kappa shape index (κ3) is 2.76. The van der Waals surface area contributed by atoms with Crippen molar-refractivity contribution in [2.24, 2.45) is 5.92 Å². The van der Waals surface area contributed by atoms with Gasteiger partial charge in [-0.3, -0.25) is 4.79 Å². The Labute approximate surface area is 85.7 Å². The minimum Gasteiger partial charge on any atom is -0.480 e. The fraction of sp³-hybridized carbons (Fsp3) is 0.727. The second-order valence-electron chi connectivity index (χ2n) is 3.70. The summed E-state index contributed by atoms with van der Waals surface area (Å²) in [4.78, 5) is 13.2. The topological polar surface area (TPSA) is 29.5 Å². The minimum absolute atomic E-state index is 0.251. The van der Waals surface area contributed by atoms with Crippen LogP contribution in [0.15, 0.2) is 12.5 Å². The van der Waals surface area contributed by atoms with Crippen molar-refractivity contribution in [2.75, 3.05) is 19.7 Å². The summed E-state index contributed by atoms with van der Waals surface area (Å²) in [6.45, 7) is 9.93. The van der Waals surface area contributed by atoms with Crippen LogP contribution in [0.5, 0.6) is 0 Å². The zero-order chi connectivity index (χ0) is 10.6. The molecular weight excluding hydrogens is 178 g/mol. The summed E-state index contributed by atoms with van der Waals surface area (Å²) in [6, 6.07) is 0. The quantitative estimate of drug-likeness (QED) is 0.643. The molecule has 0 aromatic carbocycles. The maximum atomic E-state index is 11.1. The zero-order valence-electron chi connectivity index (χ0n) is 9.08. The molecule has 1 heterocycles. The fourth-order valence-electron chi connectivity index (χ4n) is 1.79. The predicted molar refractivity (Wildman–Crippen MR) is 55.7 cm³/mol. The van der Waals surface area contributed by atoms with Crippen molar-refractivity contribution < 1.29 is 9.53 Å². The average molecular weight is 197 g/mol. The molecule has 0 aliphatic carbocycles. The Kier molecular flexibility index (Phi) is 3.98. The Morgan fingerprint density at radius 2 is 2.07 bits per heavy atom. The number of carbonyl (C=O) groups excluding carboxylic acids is 1. The lowest BCUT2D eigenvalue weighted by molar-refractivity contribution is -0.122. The lowest BCUT2D eigenvalue weighted by Crippen LogP contribution is -2.35. The van der Waals surface area contributed by atoms with Crippen molar-refractivity contribution in [3.8, 4) is 0 Å². The van der Waals surface area contributed by atoms with E-state index in [9.17, 15) is 4.79 Å². The van der Waals surface area contributed by atoms with Gasteiger partial charge in [0.15, 0.2) is 5.88 Å². The number of rotatable bonds is 4. The maximum Gasteiger partial charge on any atom is 0.181 e. The number of ketones is 1. The van der Waals surface area contributed by atoms with Crippen molar-refractivity contribution in [3.05, 3.63) is 12.5 Å². The summed E-state index contributed by atoms with van der Waals surface area (Å²) in [7, 11) is 0. The molecule has 3 heteroatoms. The molecule has 0 aromatic rings. The third-order valence-electron chi connectivity index (χ3n) is 2.73. The number of ether oxygens (including phenoxy) is 1. The van der Waals surface area contributed by atoms with Gasteiger partial charge >= 0.3 is 0 Å². The number of hydrogen-bond acceptors (Lipinski definition) is 3. The summed E-state index contributed by atoms with van der Waals surface area (Å²) in [6.07, 6.45) is 1.86. The number of Topliss-reactive ketones (excluding diaryl/α,β-unsaturated/α-hetero) is 1. The van der Waals surface area contributed by atoms with Gasteiger partial charge in [0.05, 0.1) is 6.61 Å². The highest BCUT2D eigenvalue weighted by atomic mass is 16.5. The molecule has 0 spiro atoms. The molecule has 0 N–H and O–H groups in total. The first-order valence-electron chi connectivity index (χ1n) is 5.22. The highest BCUT2D eigenvalue weighted by Crippen LogP contribution is 2.20. The van der Waals surface area contributed by atoms with Crippen LogP contribution in [0.4, 0.5) is 0 Å². The second kappa shape index (κ2) is 5.03. The molecule has 1 fully saturated rings. The number of piperidine rings is 1. The number of hydrogen-bond donors (Lipinski definition) is 0. The third-order valence-corrected chi connectivity index (χ3v) is 2.73. The van der Waals surface area contributed by atoms with Crippen molar-refractivity contribution >= 4 is 5.78 Å². The number of nitrogens with zero attached hydrogens (tertiary/aromatic N) is 1. The van der Waals surface area contributed by atoms with Gasteiger partial charge in [0.2, 0.25) is 0 Å². The van der Waals surface area contributed by atoms with Crippen LogP contribution in [0.2, 0.25) is 0 Å². The monoisotopic (exact) mass is 197 g/mol. The molecule has 0 aromatic heterocycles. The van der Waals surface area contributed by atoms with E-state index in [1.807, 2.05) is 6.92 Å². The van der Waals surface area contributed by atoms with Gasteiger partial charge in [0, 0.05) is 19.0 Å². The number of likely N-dealkylation sites (tertiary alicyclic amines) is 1. The van der Waals surface area contributed by atoms with E-state index >= 15 is 0 Å². The molecule has 0 bridgehead atoms. The van der Waals surface area contributed by atoms with E-state index in [0.717, 1.165) is 31.8 Å². The van der Waals surface area contributed by atoms with Gasteiger partial charge in [0.1, 0.15) is 5.78 Å². The second-order valence-corrected chi connectivity index (χ2v) is 3.70. The molecule has 0 atom stereocenters. The van der Waals surface area contributed by atoms with E-state index in [4.69, 9.17) is 4.74 Å². The number of carbonyl (C=O) groups is 1. The summed E-state index contributed by atoms with van der Waals surface area (Å²) in [5, 5.41) is 0. The average Bonchev–Trinajstić information content (AvgIpc) is 2.18. The lowest BCUT2D eigenvalue weighted by Gasteiger charge is -2.32. The van der Waals surface area contributed by atoms with Gasteiger partial charge in [-0.15, -0.1) is 0 Å². The van der Waals surface area contributed by atoms with E-state index in [0.29, 0.717) is 12.4 Å². The van der Waals surface area contributed by atoms with Gasteiger partial charge in [-0.2, -0.15) is 0 Å². The molecule has 0 unspecified atom stereocenters. The van der Waals surface area contributed by atoms with E-state index in [2.05, 4.69) is 11.5 Å². The molecule has 0 radical (unpaired) electrons. The van der Waals surface area contributed by atoms with Crippen molar-refractivity contribution in [2.45, 2.75) is 26.7 Å². The molecule has 1 aliphatic rings. The lowest BCUT2D eigenvalue weighted by atomic mass is 9.93. The molecule has 1 aliphatic heterocycles. The largest absolute Gasteiger partial charge is 0.480 e. The first-order chi connectivity index (χ1) is 6.65. The van der Waals surface area contributed by atoms with Crippen LogP contribution in [0.25, 0.3) is 0 Å². The smallest absolute Gasteiger partial charge is 0.181 e. The van der Waals surface area contributed by atoms with Crippen molar-refractivity contribution in [3.63, 3.8) is 0 Å². The molecule has 1 rings (SSSR count). The standard InChI is InChI=1S/C11H19NO2/c1-4-14-10(3)12-7-5-11(6-8-12)9(2)13/h11H,3-8H2,1-2H3. The molecule has 1 saturated heterocycles. The van der Waals surface area contributed by atoms with Crippen LogP contribution >= 0.6 is 0 Å². The highest BCUT2D eigenvalue weighted by molar-refractivity contribution is 5.78. The summed E-state index contributed by atoms with van der Waals surface area (Å²) >= 11 is 0. The van der Waals surface area contributed by atoms with Crippen LogP contribution in [-0.2, 0) is 9.53 Å². The minimum atomic E-state index is 0.251. The van der Waals surface area contributed by atoms with Gasteiger partial charge in [-0.25, -0.2) is 0 Å². The molecule has 3 nitrogen and oxygen atoms in total. The predicted octanol–water partition coefficient (Wildman–Crippen LogP) is 1.80. The van der Waals surface area contributed by atoms with Crippen LogP contribution in [0.3, 0.4) is 0 Å². The molecule has 0 saturated carbocycles. The Balaban J connectivity index is 2.35. The molecule has 0 amide bonds. The summed E-state index contributed by atoms with van der Waals surface area (Å²) in [5.74, 6) is 1.31. The van der Waals surface area contributed by atoms with Crippen LogP contribution in [0.1, 0.15) is 26.7 Å². The summed E-state index contributed by atoms with van der Waals surface area (Å²) in [5.41, 5.74) is 0. The Bertz CT molecular complexity index is 217. The van der Waals surface area contributed by atoms with E-state index in [-0.39, 0.29) is 5.92 Å². The SMILES string of the molecule is C=C(OCC)N1CCC(C(C)=O)CC1. The van der Waals surface area contributed by atoms with E-state index < -0.39 is 0 Å². The molecular formula is C11H19NO2. The highest BCUT2D eigenvalue weighted by Gasteiger charge is 2.23.